The number of halogens is 3. The van der Waals surface area contributed by atoms with Crippen molar-refractivity contribution >= 4 is 5.91 Å². The van der Waals surface area contributed by atoms with Gasteiger partial charge in [-0.15, -0.1) is 0 Å². The Bertz CT molecular complexity index is 474. The predicted octanol–water partition coefficient (Wildman–Crippen LogP) is 6.27. The minimum atomic E-state index is -4.41. The third kappa shape index (κ3) is 9.51. The number of rotatable bonds is 12. The highest BCUT2D eigenvalue weighted by molar-refractivity contribution is 5.94. The second-order valence-corrected chi connectivity index (χ2v) is 6.55. The van der Waals surface area contributed by atoms with Crippen molar-refractivity contribution in [2.45, 2.75) is 83.4 Å². The van der Waals surface area contributed by atoms with Gasteiger partial charge < -0.3 is 5.32 Å². The van der Waals surface area contributed by atoms with Gasteiger partial charge >= 0.3 is 6.18 Å². The molecule has 0 spiro atoms. The highest BCUT2D eigenvalue weighted by Crippen LogP contribution is 2.25. The first-order valence-corrected chi connectivity index (χ1v) is 9.37. The van der Waals surface area contributed by atoms with Crippen molar-refractivity contribution in [3.8, 4) is 0 Å². The zero-order valence-electron chi connectivity index (χ0n) is 15.1. The van der Waals surface area contributed by atoms with Gasteiger partial charge in [-0.3, -0.25) is 4.79 Å². The largest absolute Gasteiger partial charge is 0.408 e. The molecule has 1 aromatic rings. The van der Waals surface area contributed by atoms with Crippen LogP contribution in [0.25, 0.3) is 0 Å². The number of carbonyl (C=O) groups excluding carboxylic acids is 1. The molecular weight excluding hydrogens is 327 g/mol. The Balaban J connectivity index is 2.29. The number of benzene rings is 1. The summed E-state index contributed by atoms with van der Waals surface area (Å²) < 4.78 is 39.4. The zero-order valence-corrected chi connectivity index (χ0v) is 15.1. The van der Waals surface area contributed by atoms with Gasteiger partial charge in [-0.05, 0) is 18.6 Å². The Morgan fingerprint density at radius 2 is 1.44 bits per heavy atom. The Labute approximate surface area is 149 Å². The number of hydrogen-bond acceptors (Lipinski definition) is 1. The Kier molecular flexibility index (Phi) is 10.3. The first-order chi connectivity index (χ1) is 11.9. The van der Waals surface area contributed by atoms with Gasteiger partial charge in [0.2, 0.25) is 0 Å². The topological polar surface area (TPSA) is 29.1 Å². The molecule has 0 aromatic heterocycles. The molecular formula is C20H30F3NO. The van der Waals surface area contributed by atoms with Crippen LogP contribution in [0.4, 0.5) is 13.2 Å². The van der Waals surface area contributed by atoms with Gasteiger partial charge in [0.15, 0.2) is 0 Å². The van der Waals surface area contributed by atoms with Crippen LogP contribution in [0.2, 0.25) is 0 Å². The number of alkyl halides is 3. The molecule has 0 saturated carbocycles. The average Bonchev–Trinajstić information content (AvgIpc) is 2.59. The second-order valence-electron chi connectivity index (χ2n) is 6.55. The summed E-state index contributed by atoms with van der Waals surface area (Å²) in [5.41, 5.74) is 0.254. The molecule has 0 fully saturated rings. The molecule has 0 aliphatic rings. The minimum Gasteiger partial charge on any atom is -0.340 e. The molecule has 0 bridgehead atoms. The Morgan fingerprint density at radius 1 is 0.920 bits per heavy atom. The van der Waals surface area contributed by atoms with Crippen LogP contribution in [0.5, 0.6) is 0 Å². The normalized spacial score (nSPS) is 12.8. The molecule has 0 saturated heterocycles. The van der Waals surface area contributed by atoms with Crippen molar-refractivity contribution < 1.29 is 18.0 Å². The van der Waals surface area contributed by atoms with E-state index >= 15 is 0 Å². The van der Waals surface area contributed by atoms with Gasteiger partial charge in [0.05, 0.1) is 0 Å². The maximum Gasteiger partial charge on any atom is 0.408 e. The molecule has 0 heterocycles. The number of hydrogen-bond donors (Lipinski definition) is 1. The number of nitrogens with one attached hydrogen (secondary N) is 1. The van der Waals surface area contributed by atoms with Crippen LogP contribution >= 0.6 is 0 Å². The summed E-state index contributed by atoms with van der Waals surface area (Å²) in [6.45, 7) is 2.17. The molecule has 25 heavy (non-hydrogen) atoms. The first-order valence-electron chi connectivity index (χ1n) is 9.37. The van der Waals surface area contributed by atoms with Crippen LogP contribution < -0.4 is 5.32 Å². The quantitative estimate of drug-likeness (QED) is 0.439. The summed E-state index contributed by atoms with van der Waals surface area (Å²) in [6.07, 6.45) is 4.93. The van der Waals surface area contributed by atoms with Crippen LogP contribution in [-0.2, 0) is 0 Å². The zero-order chi connectivity index (χ0) is 18.5. The molecule has 2 nitrogen and oxygen atoms in total. The highest BCUT2D eigenvalue weighted by atomic mass is 19.4. The molecule has 0 unspecified atom stereocenters. The lowest BCUT2D eigenvalue weighted by atomic mass is 10.0. The van der Waals surface area contributed by atoms with E-state index in [2.05, 4.69) is 12.2 Å². The third-order valence-electron chi connectivity index (χ3n) is 4.33. The van der Waals surface area contributed by atoms with Crippen molar-refractivity contribution in [2.24, 2.45) is 0 Å². The number of amides is 1. The van der Waals surface area contributed by atoms with Gasteiger partial charge in [0.1, 0.15) is 6.04 Å². The van der Waals surface area contributed by atoms with Crippen LogP contribution in [0, 0.1) is 0 Å². The lowest BCUT2D eigenvalue weighted by Crippen LogP contribution is -2.45. The van der Waals surface area contributed by atoms with E-state index in [-0.39, 0.29) is 12.0 Å². The summed E-state index contributed by atoms with van der Waals surface area (Å²) in [7, 11) is 0. The van der Waals surface area contributed by atoms with Crippen LogP contribution in [0.3, 0.4) is 0 Å². The molecule has 0 aliphatic heterocycles. The summed E-state index contributed by atoms with van der Waals surface area (Å²) in [6, 6.07) is 6.25. The van der Waals surface area contributed by atoms with Gasteiger partial charge in [0, 0.05) is 5.56 Å². The number of carbonyl (C=O) groups is 1. The van der Waals surface area contributed by atoms with Gasteiger partial charge in [0.25, 0.3) is 5.91 Å². The monoisotopic (exact) mass is 357 g/mol. The minimum absolute atomic E-state index is 0.0576. The lowest BCUT2D eigenvalue weighted by Gasteiger charge is -2.21. The second kappa shape index (κ2) is 11.9. The van der Waals surface area contributed by atoms with Crippen molar-refractivity contribution in [1.82, 2.24) is 5.32 Å². The van der Waals surface area contributed by atoms with E-state index in [4.69, 9.17) is 0 Å². The van der Waals surface area contributed by atoms with Crippen LogP contribution in [0.15, 0.2) is 30.3 Å². The fourth-order valence-corrected chi connectivity index (χ4v) is 2.81. The van der Waals surface area contributed by atoms with E-state index in [1.165, 1.54) is 37.8 Å². The number of unbranched alkanes of at least 4 members (excludes halogenated alkanes) is 8. The van der Waals surface area contributed by atoms with Gasteiger partial charge in [-0.1, -0.05) is 82.9 Å². The van der Waals surface area contributed by atoms with E-state index in [0.717, 1.165) is 25.7 Å². The first kappa shape index (κ1) is 21.5. The maximum atomic E-state index is 13.1. The SMILES string of the molecule is CCCCCCCCCCC[C@@H](NC(=O)c1ccccc1)C(F)(F)F. The van der Waals surface area contributed by atoms with Crippen molar-refractivity contribution in [2.75, 3.05) is 0 Å². The smallest absolute Gasteiger partial charge is 0.340 e. The van der Waals surface area contributed by atoms with Gasteiger partial charge in [-0.25, -0.2) is 0 Å². The summed E-state index contributed by atoms with van der Waals surface area (Å²) in [5.74, 6) is -0.668. The van der Waals surface area contributed by atoms with Gasteiger partial charge in [-0.2, -0.15) is 13.2 Å². The molecule has 1 N–H and O–H groups in total. The molecule has 1 aromatic carbocycles. The molecule has 0 radical (unpaired) electrons. The van der Waals surface area contributed by atoms with E-state index in [9.17, 15) is 18.0 Å². The van der Waals surface area contributed by atoms with Crippen LogP contribution in [-0.4, -0.2) is 18.1 Å². The fraction of sp³-hybridized carbons (Fsp3) is 0.650. The summed E-state index contributed by atoms with van der Waals surface area (Å²) in [5, 5.41) is 2.13. The molecule has 5 heteroatoms. The predicted molar refractivity (Wildman–Crippen MR) is 95.6 cm³/mol. The molecule has 1 amide bonds. The summed E-state index contributed by atoms with van der Waals surface area (Å²) >= 11 is 0. The average molecular weight is 357 g/mol. The lowest BCUT2D eigenvalue weighted by molar-refractivity contribution is -0.155. The van der Waals surface area contributed by atoms with E-state index < -0.39 is 18.1 Å². The van der Waals surface area contributed by atoms with Crippen LogP contribution in [0.1, 0.15) is 81.5 Å². The van der Waals surface area contributed by atoms with E-state index in [1.54, 1.807) is 18.2 Å². The highest BCUT2D eigenvalue weighted by Gasteiger charge is 2.40. The van der Waals surface area contributed by atoms with E-state index in [0.29, 0.717) is 6.42 Å². The standard InChI is InChI=1S/C20H30F3NO/c1-2-3-4-5-6-7-8-9-13-16-18(20(21,22)23)24-19(25)17-14-11-10-12-15-17/h10-12,14-15,18H,2-9,13,16H2,1H3,(H,24,25)/t18-/m1/s1. The van der Waals surface area contributed by atoms with Crippen molar-refractivity contribution in [3.63, 3.8) is 0 Å². The fourth-order valence-electron chi connectivity index (χ4n) is 2.81. The maximum absolute atomic E-state index is 13.1. The summed E-state index contributed by atoms with van der Waals surface area (Å²) in [4.78, 5) is 12.0. The molecule has 1 atom stereocenters. The molecule has 142 valence electrons. The van der Waals surface area contributed by atoms with E-state index in [1.807, 2.05) is 0 Å². The molecule has 1 rings (SSSR count). The van der Waals surface area contributed by atoms with Crippen molar-refractivity contribution in [3.05, 3.63) is 35.9 Å². The Hall–Kier alpha value is -1.52. The third-order valence-corrected chi connectivity index (χ3v) is 4.33. The van der Waals surface area contributed by atoms with Crippen molar-refractivity contribution in [1.29, 1.82) is 0 Å². The molecule has 0 aliphatic carbocycles. The Morgan fingerprint density at radius 3 is 1.96 bits per heavy atom.